The molecule has 1 aromatic rings. The van der Waals surface area contributed by atoms with Crippen LogP contribution in [0.15, 0.2) is 24.3 Å². The molecule has 1 amide bonds. The third-order valence-corrected chi connectivity index (χ3v) is 3.75. The van der Waals surface area contributed by atoms with Crippen LogP contribution in [0.25, 0.3) is 6.08 Å². The summed E-state index contributed by atoms with van der Waals surface area (Å²) < 4.78 is 15.3. The van der Waals surface area contributed by atoms with E-state index in [1.807, 2.05) is 25.1 Å². The van der Waals surface area contributed by atoms with Gasteiger partial charge in [0.25, 0.3) is 0 Å². The van der Waals surface area contributed by atoms with E-state index in [-0.39, 0.29) is 11.9 Å². The van der Waals surface area contributed by atoms with Crippen LogP contribution in [-0.4, -0.2) is 39.2 Å². The number of rotatable bonds is 12. The predicted molar refractivity (Wildman–Crippen MR) is 101 cm³/mol. The third-order valence-electron chi connectivity index (χ3n) is 3.75. The van der Waals surface area contributed by atoms with E-state index in [2.05, 4.69) is 10.1 Å². The molecule has 6 nitrogen and oxygen atoms in total. The lowest BCUT2D eigenvalue weighted by atomic mass is 10.1. The van der Waals surface area contributed by atoms with Crippen LogP contribution in [0.5, 0.6) is 11.5 Å². The van der Waals surface area contributed by atoms with E-state index in [0.29, 0.717) is 31.1 Å². The van der Waals surface area contributed by atoms with Gasteiger partial charge in [0.1, 0.15) is 0 Å². The molecule has 0 aliphatic rings. The monoisotopic (exact) mass is 363 g/mol. The summed E-state index contributed by atoms with van der Waals surface area (Å²) in [5, 5.41) is 2.85. The molecule has 0 heterocycles. The second kappa shape index (κ2) is 12.8. The van der Waals surface area contributed by atoms with Crippen molar-refractivity contribution < 1.29 is 23.8 Å². The van der Waals surface area contributed by atoms with Gasteiger partial charge in [-0.2, -0.15) is 0 Å². The lowest BCUT2D eigenvalue weighted by molar-refractivity contribution is -0.140. The summed E-state index contributed by atoms with van der Waals surface area (Å²) in [6.45, 7) is 3.10. The molecule has 0 atom stereocenters. The van der Waals surface area contributed by atoms with Crippen molar-refractivity contribution in [3.05, 3.63) is 29.8 Å². The summed E-state index contributed by atoms with van der Waals surface area (Å²) in [6.07, 6.45) is 7.33. The van der Waals surface area contributed by atoms with Crippen LogP contribution in [0.1, 0.15) is 44.6 Å². The number of carbonyl (C=O) groups is 2. The minimum absolute atomic E-state index is 0.132. The van der Waals surface area contributed by atoms with Crippen LogP contribution in [0.2, 0.25) is 0 Å². The van der Waals surface area contributed by atoms with Crippen LogP contribution >= 0.6 is 0 Å². The van der Waals surface area contributed by atoms with Gasteiger partial charge in [-0.3, -0.25) is 9.59 Å². The van der Waals surface area contributed by atoms with Crippen molar-refractivity contribution >= 4 is 18.0 Å². The lowest BCUT2D eigenvalue weighted by Crippen LogP contribution is -2.21. The van der Waals surface area contributed by atoms with Crippen molar-refractivity contribution in [2.75, 3.05) is 27.4 Å². The minimum Gasteiger partial charge on any atom is -0.493 e. The maximum atomic E-state index is 11.8. The third kappa shape index (κ3) is 8.55. The predicted octanol–water partition coefficient (Wildman–Crippen LogP) is 3.35. The lowest BCUT2D eigenvalue weighted by Gasteiger charge is -2.09. The molecule has 0 unspecified atom stereocenters. The van der Waals surface area contributed by atoms with Gasteiger partial charge in [-0.15, -0.1) is 0 Å². The Hall–Kier alpha value is -2.50. The van der Waals surface area contributed by atoms with E-state index in [9.17, 15) is 9.59 Å². The SMILES string of the molecule is CCOc1ccc(/C=C/C(=O)NCCCCCCC(=O)OC)cc1OC. The summed E-state index contributed by atoms with van der Waals surface area (Å²) in [4.78, 5) is 22.8. The van der Waals surface area contributed by atoms with E-state index in [0.717, 1.165) is 31.2 Å². The topological polar surface area (TPSA) is 73.9 Å². The number of esters is 1. The van der Waals surface area contributed by atoms with E-state index in [4.69, 9.17) is 9.47 Å². The Morgan fingerprint density at radius 2 is 1.85 bits per heavy atom. The molecule has 0 bridgehead atoms. The molecule has 0 radical (unpaired) electrons. The highest BCUT2D eigenvalue weighted by Gasteiger charge is 2.04. The molecular weight excluding hydrogens is 334 g/mol. The number of nitrogens with one attached hydrogen (secondary N) is 1. The standard InChI is InChI=1S/C20H29NO5/c1-4-26-17-12-10-16(15-18(17)24-2)11-13-19(22)21-14-8-6-5-7-9-20(23)25-3/h10-13,15H,4-9,14H2,1-3H3,(H,21,22)/b13-11+. The van der Waals surface area contributed by atoms with Gasteiger partial charge in [-0.05, 0) is 43.5 Å². The Morgan fingerprint density at radius 3 is 2.54 bits per heavy atom. The smallest absolute Gasteiger partial charge is 0.305 e. The number of hydrogen-bond acceptors (Lipinski definition) is 5. The zero-order valence-corrected chi connectivity index (χ0v) is 15.9. The Bertz CT molecular complexity index is 598. The van der Waals surface area contributed by atoms with Crippen LogP contribution in [0, 0.1) is 0 Å². The summed E-state index contributed by atoms with van der Waals surface area (Å²) in [6, 6.07) is 5.53. The highest BCUT2D eigenvalue weighted by atomic mass is 16.5. The molecule has 0 saturated heterocycles. The minimum atomic E-state index is -0.172. The Balaban J connectivity index is 2.29. The first-order valence-corrected chi connectivity index (χ1v) is 8.94. The van der Waals surface area contributed by atoms with Gasteiger partial charge in [-0.1, -0.05) is 18.9 Å². The Labute approximate surface area is 155 Å². The van der Waals surface area contributed by atoms with E-state index in [1.54, 1.807) is 13.2 Å². The highest BCUT2D eigenvalue weighted by Crippen LogP contribution is 2.28. The molecule has 6 heteroatoms. The number of hydrogen-bond donors (Lipinski definition) is 1. The first-order valence-electron chi connectivity index (χ1n) is 8.94. The Kier molecular flexibility index (Phi) is 10.6. The van der Waals surface area contributed by atoms with Gasteiger partial charge in [0, 0.05) is 19.0 Å². The van der Waals surface area contributed by atoms with Gasteiger partial charge < -0.3 is 19.5 Å². The van der Waals surface area contributed by atoms with Crippen molar-refractivity contribution in [3.63, 3.8) is 0 Å². The summed E-state index contributed by atoms with van der Waals surface area (Å²) >= 11 is 0. The first kappa shape index (κ1) is 21.5. The van der Waals surface area contributed by atoms with Gasteiger partial charge >= 0.3 is 5.97 Å². The van der Waals surface area contributed by atoms with Crippen molar-refractivity contribution in [1.82, 2.24) is 5.32 Å². The van der Waals surface area contributed by atoms with Crippen molar-refractivity contribution in [2.24, 2.45) is 0 Å². The zero-order valence-electron chi connectivity index (χ0n) is 15.9. The number of amides is 1. The van der Waals surface area contributed by atoms with Gasteiger partial charge in [-0.25, -0.2) is 0 Å². The molecule has 144 valence electrons. The fourth-order valence-electron chi connectivity index (χ4n) is 2.35. The van der Waals surface area contributed by atoms with Gasteiger partial charge in [0.05, 0.1) is 20.8 Å². The van der Waals surface area contributed by atoms with Crippen molar-refractivity contribution in [3.8, 4) is 11.5 Å². The van der Waals surface area contributed by atoms with E-state index in [1.165, 1.54) is 13.2 Å². The zero-order chi connectivity index (χ0) is 19.2. The molecule has 0 aromatic heterocycles. The molecule has 1 N–H and O–H groups in total. The molecule has 0 aliphatic carbocycles. The highest BCUT2D eigenvalue weighted by molar-refractivity contribution is 5.91. The largest absolute Gasteiger partial charge is 0.493 e. The molecule has 0 fully saturated rings. The maximum absolute atomic E-state index is 11.8. The Morgan fingerprint density at radius 1 is 1.08 bits per heavy atom. The van der Waals surface area contributed by atoms with Crippen molar-refractivity contribution in [2.45, 2.75) is 39.0 Å². The molecule has 0 saturated carbocycles. The van der Waals surface area contributed by atoms with Crippen molar-refractivity contribution in [1.29, 1.82) is 0 Å². The number of carbonyl (C=O) groups excluding carboxylic acids is 2. The van der Waals surface area contributed by atoms with Crippen LogP contribution < -0.4 is 14.8 Å². The fourth-order valence-corrected chi connectivity index (χ4v) is 2.35. The molecule has 1 rings (SSSR count). The van der Waals surface area contributed by atoms with E-state index >= 15 is 0 Å². The number of benzene rings is 1. The molecule has 0 aliphatic heterocycles. The number of methoxy groups -OCH3 is 2. The fraction of sp³-hybridized carbons (Fsp3) is 0.500. The normalized spacial score (nSPS) is 10.6. The van der Waals surface area contributed by atoms with Gasteiger partial charge in [0.2, 0.25) is 5.91 Å². The van der Waals surface area contributed by atoms with Gasteiger partial charge in [0.15, 0.2) is 11.5 Å². The van der Waals surface area contributed by atoms with E-state index < -0.39 is 0 Å². The van der Waals surface area contributed by atoms with Crippen LogP contribution in [-0.2, 0) is 14.3 Å². The average molecular weight is 363 g/mol. The summed E-state index contributed by atoms with van der Waals surface area (Å²) in [7, 11) is 2.98. The molecular formula is C20H29NO5. The molecule has 1 aromatic carbocycles. The van der Waals surface area contributed by atoms with Crippen LogP contribution in [0.4, 0.5) is 0 Å². The molecule has 26 heavy (non-hydrogen) atoms. The second-order valence-electron chi connectivity index (χ2n) is 5.71. The first-order chi connectivity index (χ1) is 12.6. The summed E-state index contributed by atoms with van der Waals surface area (Å²) in [5.41, 5.74) is 0.864. The number of ether oxygens (including phenoxy) is 3. The molecule has 0 spiro atoms. The van der Waals surface area contributed by atoms with Crippen LogP contribution in [0.3, 0.4) is 0 Å². The maximum Gasteiger partial charge on any atom is 0.305 e. The summed E-state index contributed by atoms with van der Waals surface area (Å²) in [5.74, 6) is 1.02. The quantitative estimate of drug-likeness (QED) is 0.350. The average Bonchev–Trinajstić information content (AvgIpc) is 2.66. The second-order valence-corrected chi connectivity index (χ2v) is 5.71. The number of unbranched alkanes of at least 4 members (excludes halogenated alkanes) is 3.